The van der Waals surface area contributed by atoms with Crippen molar-refractivity contribution < 1.29 is 14.6 Å². The van der Waals surface area contributed by atoms with Crippen molar-refractivity contribution in [2.75, 3.05) is 18.1 Å². The van der Waals surface area contributed by atoms with E-state index in [1.807, 2.05) is 24.3 Å². The highest BCUT2D eigenvalue weighted by molar-refractivity contribution is 6.30. The van der Waals surface area contributed by atoms with Crippen LogP contribution in [0.3, 0.4) is 0 Å². The van der Waals surface area contributed by atoms with E-state index in [9.17, 15) is 14.6 Å². The molecule has 2 aromatic rings. The minimum Gasteiger partial charge on any atom is -0.394 e. The molecule has 0 aromatic heterocycles. The molecule has 1 aliphatic heterocycles. The van der Waals surface area contributed by atoms with E-state index in [1.54, 1.807) is 12.1 Å². The lowest BCUT2D eigenvalue weighted by Gasteiger charge is -2.38. The third-order valence-corrected chi connectivity index (χ3v) is 6.44. The molecule has 27 heavy (non-hydrogen) atoms. The number of anilines is 1. The molecule has 3 nitrogen and oxygen atoms in total. The normalized spacial score (nSPS) is 20.5. The lowest BCUT2D eigenvalue weighted by atomic mass is 9.71. The van der Waals surface area contributed by atoms with Crippen molar-refractivity contribution in [1.82, 2.24) is 0 Å². The van der Waals surface area contributed by atoms with Gasteiger partial charge in [0.2, 0.25) is 0 Å². The van der Waals surface area contributed by atoms with Gasteiger partial charge < -0.3 is 15.1 Å². The van der Waals surface area contributed by atoms with Gasteiger partial charge in [-0.15, -0.1) is 0 Å². The molecule has 2 aliphatic rings. The Morgan fingerprint density at radius 1 is 1.11 bits per heavy atom. The molecule has 1 spiro atoms. The van der Waals surface area contributed by atoms with Gasteiger partial charge >= 0.3 is 0 Å². The molecule has 0 amide bonds. The van der Waals surface area contributed by atoms with Gasteiger partial charge in [0.15, 0.2) is 0 Å². The predicted octanol–water partition coefficient (Wildman–Crippen LogP) is 4.60. The lowest BCUT2D eigenvalue weighted by molar-refractivity contribution is 0.0703. The van der Waals surface area contributed by atoms with Gasteiger partial charge in [-0.25, -0.2) is 4.39 Å². The summed E-state index contributed by atoms with van der Waals surface area (Å²) in [5.41, 5.74) is 2.81. The molecule has 0 bridgehead atoms. The summed E-state index contributed by atoms with van der Waals surface area (Å²) in [7, 11) is 0. The van der Waals surface area contributed by atoms with Gasteiger partial charge in [-0.1, -0.05) is 49.1 Å². The van der Waals surface area contributed by atoms with Crippen LogP contribution in [-0.2, 0) is 5.41 Å². The number of halogens is 2. The molecule has 5 heteroatoms. The Morgan fingerprint density at radius 3 is 2.59 bits per heavy atom. The van der Waals surface area contributed by atoms with E-state index >= 15 is 0 Å². The second-order valence-electron chi connectivity index (χ2n) is 7.88. The first-order valence-electron chi connectivity index (χ1n) is 9.65. The molecular weight excluding hydrogens is 365 g/mol. The molecule has 2 atom stereocenters. The maximum absolute atomic E-state index is 14.1. The standard InChI is InChI=1S/C22H25ClFNO2/c23-16-6-4-5-15(11-16)21(20(27)13-26)25-14-22(9-2-1-3-10-22)18-8-7-17(24)12-19(18)25/h4-8,11-12,20-21,26-27H,1-3,9-10,13-14H2/t20-,21+/m1/s1. The van der Waals surface area contributed by atoms with Crippen LogP contribution in [0, 0.1) is 5.82 Å². The van der Waals surface area contributed by atoms with Gasteiger partial charge in [-0.2, -0.15) is 0 Å². The molecule has 0 unspecified atom stereocenters. The fourth-order valence-electron chi connectivity index (χ4n) is 4.99. The first kappa shape index (κ1) is 18.7. The smallest absolute Gasteiger partial charge is 0.125 e. The summed E-state index contributed by atoms with van der Waals surface area (Å²) in [6.07, 6.45) is 4.71. The molecular formula is C22H25ClFNO2. The van der Waals surface area contributed by atoms with Crippen LogP contribution in [0.1, 0.15) is 49.3 Å². The van der Waals surface area contributed by atoms with Gasteiger partial charge in [0.1, 0.15) is 11.9 Å². The molecule has 1 fully saturated rings. The molecule has 1 aliphatic carbocycles. The van der Waals surface area contributed by atoms with Crippen molar-refractivity contribution in [3.63, 3.8) is 0 Å². The number of aliphatic hydroxyl groups is 2. The number of rotatable bonds is 4. The molecule has 0 saturated heterocycles. The van der Waals surface area contributed by atoms with Crippen LogP contribution in [0.15, 0.2) is 42.5 Å². The summed E-state index contributed by atoms with van der Waals surface area (Å²) in [6.45, 7) is 0.353. The Hall–Kier alpha value is -1.62. The summed E-state index contributed by atoms with van der Waals surface area (Å²) < 4.78 is 14.1. The molecule has 1 saturated carbocycles. The zero-order valence-electron chi connectivity index (χ0n) is 15.2. The first-order valence-corrected chi connectivity index (χ1v) is 10.0. The van der Waals surface area contributed by atoms with Crippen molar-refractivity contribution in [2.24, 2.45) is 0 Å². The summed E-state index contributed by atoms with van der Waals surface area (Å²) in [6, 6.07) is 11.9. The number of hydrogen-bond acceptors (Lipinski definition) is 3. The molecule has 1 heterocycles. The fraction of sp³-hybridized carbons (Fsp3) is 0.455. The van der Waals surface area contributed by atoms with Crippen LogP contribution in [0.2, 0.25) is 5.02 Å². The third kappa shape index (κ3) is 3.35. The monoisotopic (exact) mass is 389 g/mol. The maximum atomic E-state index is 14.1. The predicted molar refractivity (Wildman–Crippen MR) is 106 cm³/mol. The maximum Gasteiger partial charge on any atom is 0.125 e. The first-order chi connectivity index (χ1) is 13.0. The van der Waals surface area contributed by atoms with Gasteiger partial charge in [-0.3, -0.25) is 0 Å². The van der Waals surface area contributed by atoms with Crippen LogP contribution in [0.4, 0.5) is 10.1 Å². The van der Waals surface area contributed by atoms with Gasteiger partial charge in [0.05, 0.1) is 12.6 Å². The summed E-state index contributed by atoms with van der Waals surface area (Å²) >= 11 is 6.19. The number of hydrogen-bond donors (Lipinski definition) is 2. The van der Waals surface area contributed by atoms with Crippen LogP contribution < -0.4 is 4.90 Å². The topological polar surface area (TPSA) is 43.7 Å². The third-order valence-electron chi connectivity index (χ3n) is 6.20. The van der Waals surface area contributed by atoms with E-state index < -0.39 is 12.1 Å². The van der Waals surface area contributed by atoms with Crippen LogP contribution in [0.25, 0.3) is 0 Å². The molecule has 144 valence electrons. The number of aliphatic hydroxyl groups excluding tert-OH is 2. The Kier molecular flexibility index (Phi) is 5.15. The Labute approximate surface area is 164 Å². The Balaban J connectivity index is 1.82. The minimum atomic E-state index is -0.988. The van der Waals surface area contributed by atoms with Crippen molar-refractivity contribution in [3.8, 4) is 0 Å². The average Bonchev–Trinajstić information content (AvgIpc) is 2.95. The van der Waals surface area contributed by atoms with Crippen molar-refractivity contribution in [1.29, 1.82) is 0 Å². The summed E-state index contributed by atoms with van der Waals surface area (Å²) in [5.74, 6) is -0.282. The van der Waals surface area contributed by atoms with Gasteiger partial charge in [0.25, 0.3) is 0 Å². The highest BCUT2D eigenvalue weighted by Crippen LogP contribution is 2.52. The molecule has 2 N–H and O–H groups in total. The second kappa shape index (κ2) is 7.42. The fourth-order valence-corrected chi connectivity index (χ4v) is 5.19. The van der Waals surface area contributed by atoms with E-state index in [-0.39, 0.29) is 17.8 Å². The highest BCUT2D eigenvalue weighted by Gasteiger charge is 2.46. The quantitative estimate of drug-likeness (QED) is 0.803. The summed E-state index contributed by atoms with van der Waals surface area (Å²) in [4.78, 5) is 2.08. The molecule has 0 radical (unpaired) electrons. The van der Waals surface area contributed by atoms with E-state index in [0.717, 1.165) is 43.5 Å². The Bertz CT molecular complexity index is 822. The number of fused-ring (bicyclic) bond motifs is 2. The second-order valence-corrected chi connectivity index (χ2v) is 8.32. The van der Waals surface area contributed by atoms with E-state index in [0.29, 0.717) is 5.02 Å². The SMILES string of the molecule is OC[C@@H](O)[C@H](c1cccc(Cl)c1)N1CC2(CCCCC2)c2ccc(F)cc21. The van der Waals surface area contributed by atoms with Crippen molar-refractivity contribution in [3.05, 3.63) is 64.4 Å². The zero-order chi connectivity index (χ0) is 19.0. The minimum absolute atomic E-state index is 0.00666. The van der Waals surface area contributed by atoms with E-state index in [2.05, 4.69) is 4.90 Å². The van der Waals surface area contributed by atoms with Crippen molar-refractivity contribution >= 4 is 17.3 Å². The Morgan fingerprint density at radius 2 is 1.89 bits per heavy atom. The number of benzene rings is 2. The summed E-state index contributed by atoms with van der Waals surface area (Å²) in [5, 5.41) is 21.0. The van der Waals surface area contributed by atoms with Crippen LogP contribution in [0.5, 0.6) is 0 Å². The zero-order valence-corrected chi connectivity index (χ0v) is 16.0. The lowest BCUT2D eigenvalue weighted by Crippen LogP contribution is -2.42. The average molecular weight is 390 g/mol. The van der Waals surface area contributed by atoms with Crippen LogP contribution >= 0.6 is 11.6 Å². The highest BCUT2D eigenvalue weighted by atomic mass is 35.5. The van der Waals surface area contributed by atoms with Crippen LogP contribution in [-0.4, -0.2) is 29.5 Å². The van der Waals surface area contributed by atoms with E-state index in [1.165, 1.54) is 18.1 Å². The van der Waals surface area contributed by atoms with E-state index in [4.69, 9.17) is 11.6 Å². The van der Waals surface area contributed by atoms with Gasteiger partial charge in [0, 0.05) is 22.7 Å². The largest absolute Gasteiger partial charge is 0.394 e. The molecule has 4 rings (SSSR count). The number of nitrogens with zero attached hydrogens (tertiary/aromatic N) is 1. The van der Waals surface area contributed by atoms with Crippen molar-refractivity contribution in [2.45, 2.75) is 49.7 Å². The molecule has 2 aromatic carbocycles. The van der Waals surface area contributed by atoms with Gasteiger partial charge in [-0.05, 0) is 48.2 Å².